The molecule has 3 heteroatoms. The smallest absolute Gasteiger partial charge is 0.0718 e. The van der Waals surface area contributed by atoms with Crippen LogP contribution in [0.4, 0.5) is 5.69 Å². The first kappa shape index (κ1) is 11.2. The van der Waals surface area contributed by atoms with E-state index in [0.29, 0.717) is 17.7 Å². The maximum Gasteiger partial charge on any atom is 0.0718 e. The molecule has 0 unspecified atom stereocenters. The van der Waals surface area contributed by atoms with Crippen molar-refractivity contribution in [3.8, 4) is 0 Å². The highest BCUT2D eigenvalue weighted by atomic mass is 16.4. The summed E-state index contributed by atoms with van der Waals surface area (Å²) in [5.74, 6) is -1.17. The van der Waals surface area contributed by atoms with Crippen LogP contribution in [0.25, 0.3) is 0 Å². The van der Waals surface area contributed by atoms with Crippen molar-refractivity contribution in [1.29, 1.82) is 0 Å². The lowest BCUT2D eigenvalue weighted by atomic mass is 9.99. The van der Waals surface area contributed by atoms with E-state index in [1.807, 2.05) is 30.3 Å². The first-order chi connectivity index (χ1) is 8.16. The normalized spacial score (nSPS) is 10.1. The maximum atomic E-state index is 11.0. The molecule has 0 aromatic heterocycles. The van der Waals surface area contributed by atoms with Crippen LogP contribution in [0.3, 0.4) is 0 Å². The molecule has 86 valence electrons. The molecule has 3 nitrogen and oxygen atoms in total. The molecule has 0 amide bonds. The van der Waals surface area contributed by atoms with E-state index in [-0.39, 0.29) is 5.56 Å². The van der Waals surface area contributed by atoms with Gasteiger partial charge in [-0.15, -0.1) is 0 Å². The Kier molecular flexibility index (Phi) is 3.10. The zero-order valence-electron chi connectivity index (χ0n) is 9.22. The molecule has 0 radical (unpaired) electrons. The molecular weight excluding hydrogens is 214 g/mol. The van der Waals surface area contributed by atoms with Crippen LogP contribution in [0.15, 0.2) is 48.5 Å². The van der Waals surface area contributed by atoms with Gasteiger partial charge in [0.1, 0.15) is 0 Å². The van der Waals surface area contributed by atoms with Gasteiger partial charge < -0.3 is 15.6 Å². The van der Waals surface area contributed by atoms with Gasteiger partial charge >= 0.3 is 0 Å². The topological polar surface area (TPSA) is 66.2 Å². The fraction of sp³-hybridized carbons (Fsp3) is 0.0714. The minimum Gasteiger partial charge on any atom is -0.545 e. The Bertz CT molecular complexity index is 535. The molecule has 0 atom stereocenters. The Morgan fingerprint density at radius 1 is 1.12 bits per heavy atom. The average molecular weight is 226 g/mol. The fourth-order valence-corrected chi connectivity index (χ4v) is 1.77. The van der Waals surface area contributed by atoms with Crippen molar-refractivity contribution in [2.75, 3.05) is 5.73 Å². The predicted molar refractivity (Wildman–Crippen MR) is 64.4 cm³/mol. The molecule has 2 aromatic rings. The predicted octanol–water partition coefficient (Wildman–Crippen LogP) is 1.22. The highest BCUT2D eigenvalue weighted by Crippen LogP contribution is 2.17. The summed E-state index contributed by atoms with van der Waals surface area (Å²) in [7, 11) is 0. The molecule has 0 heterocycles. The second-order valence-corrected chi connectivity index (χ2v) is 3.87. The first-order valence-electron chi connectivity index (χ1n) is 5.30. The van der Waals surface area contributed by atoms with Gasteiger partial charge in [-0.2, -0.15) is 0 Å². The number of nitrogen functional groups attached to an aromatic ring is 1. The van der Waals surface area contributed by atoms with E-state index in [2.05, 4.69) is 0 Å². The van der Waals surface area contributed by atoms with Crippen LogP contribution in [0.1, 0.15) is 21.5 Å². The largest absolute Gasteiger partial charge is 0.545 e. The summed E-state index contributed by atoms with van der Waals surface area (Å²) in [6, 6.07) is 14.4. The molecule has 0 fully saturated rings. The quantitative estimate of drug-likeness (QED) is 0.800. The molecule has 0 aliphatic rings. The second kappa shape index (κ2) is 4.70. The van der Waals surface area contributed by atoms with E-state index in [9.17, 15) is 9.90 Å². The molecule has 0 bridgehead atoms. The van der Waals surface area contributed by atoms with Gasteiger partial charge in [-0.3, -0.25) is 0 Å². The number of anilines is 1. The molecule has 2 rings (SSSR count). The molecule has 0 saturated heterocycles. The fourth-order valence-electron chi connectivity index (χ4n) is 1.77. The van der Waals surface area contributed by atoms with Crippen LogP contribution in [-0.4, -0.2) is 5.97 Å². The van der Waals surface area contributed by atoms with Gasteiger partial charge in [0.25, 0.3) is 0 Å². The third-order valence-corrected chi connectivity index (χ3v) is 2.59. The van der Waals surface area contributed by atoms with Gasteiger partial charge in [0.05, 0.1) is 5.97 Å². The summed E-state index contributed by atoms with van der Waals surface area (Å²) < 4.78 is 0. The van der Waals surface area contributed by atoms with Crippen molar-refractivity contribution >= 4 is 11.7 Å². The van der Waals surface area contributed by atoms with Crippen molar-refractivity contribution in [3.63, 3.8) is 0 Å². The van der Waals surface area contributed by atoms with Gasteiger partial charge in [-0.1, -0.05) is 36.4 Å². The van der Waals surface area contributed by atoms with E-state index >= 15 is 0 Å². The molecule has 0 aliphatic heterocycles. The first-order valence-corrected chi connectivity index (χ1v) is 5.30. The molecular formula is C14H12NO2-. The Labute approximate surface area is 99.5 Å². The van der Waals surface area contributed by atoms with Gasteiger partial charge in [0.15, 0.2) is 0 Å². The number of aromatic carboxylic acids is 1. The molecule has 0 saturated carbocycles. The number of carboxylic acid groups (broad SMARTS) is 1. The van der Waals surface area contributed by atoms with E-state index in [0.717, 1.165) is 5.56 Å². The second-order valence-electron chi connectivity index (χ2n) is 3.87. The number of rotatable bonds is 3. The minimum absolute atomic E-state index is 0.197. The lowest BCUT2D eigenvalue weighted by Crippen LogP contribution is -2.24. The molecule has 2 aromatic carbocycles. The Morgan fingerprint density at radius 3 is 2.47 bits per heavy atom. The minimum atomic E-state index is -1.17. The van der Waals surface area contributed by atoms with Crippen molar-refractivity contribution in [1.82, 2.24) is 0 Å². The number of carboxylic acids is 1. The van der Waals surface area contributed by atoms with Gasteiger partial charge in [0, 0.05) is 11.3 Å². The van der Waals surface area contributed by atoms with E-state index < -0.39 is 5.97 Å². The summed E-state index contributed by atoms with van der Waals surface area (Å²) in [6.07, 6.45) is 0.537. The zero-order chi connectivity index (χ0) is 12.3. The van der Waals surface area contributed by atoms with Crippen LogP contribution >= 0.6 is 0 Å². The van der Waals surface area contributed by atoms with Crippen molar-refractivity contribution in [3.05, 3.63) is 65.2 Å². The monoisotopic (exact) mass is 226 g/mol. The Morgan fingerprint density at radius 2 is 1.82 bits per heavy atom. The number of hydrogen-bond acceptors (Lipinski definition) is 3. The number of carbonyl (C=O) groups excluding carboxylic acids is 1. The van der Waals surface area contributed by atoms with Crippen LogP contribution in [0.2, 0.25) is 0 Å². The molecule has 2 N–H and O–H groups in total. The van der Waals surface area contributed by atoms with E-state index in [4.69, 9.17) is 5.73 Å². The summed E-state index contributed by atoms with van der Waals surface area (Å²) in [6.45, 7) is 0. The van der Waals surface area contributed by atoms with Gasteiger partial charge in [-0.25, -0.2) is 0 Å². The van der Waals surface area contributed by atoms with Crippen LogP contribution in [0, 0.1) is 0 Å². The summed E-state index contributed by atoms with van der Waals surface area (Å²) in [4.78, 5) is 11.0. The lowest BCUT2D eigenvalue weighted by Gasteiger charge is -2.11. The van der Waals surface area contributed by atoms with Crippen molar-refractivity contribution < 1.29 is 9.90 Å². The number of hydrogen-bond donors (Lipinski definition) is 1. The van der Waals surface area contributed by atoms with Gasteiger partial charge in [-0.05, 0) is 29.7 Å². The number of benzene rings is 2. The highest BCUT2D eigenvalue weighted by Gasteiger charge is 2.05. The Balaban J connectivity index is 2.37. The van der Waals surface area contributed by atoms with Crippen LogP contribution < -0.4 is 10.8 Å². The van der Waals surface area contributed by atoms with Crippen LogP contribution in [0.5, 0.6) is 0 Å². The lowest BCUT2D eigenvalue weighted by molar-refractivity contribution is -0.255. The third kappa shape index (κ3) is 2.64. The standard InChI is InChI=1S/C14H13NO2/c15-12-6-7-13(14(16)17)11(9-12)8-10-4-2-1-3-5-10/h1-7,9H,8,15H2,(H,16,17)/p-1. The Hall–Kier alpha value is -2.29. The number of carbonyl (C=O) groups is 1. The summed E-state index contributed by atoms with van der Waals surface area (Å²) in [5, 5.41) is 11.0. The number of nitrogens with two attached hydrogens (primary N) is 1. The zero-order valence-corrected chi connectivity index (χ0v) is 9.22. The van der Waals surface area contributed by atoms with E-state index in [1.54, 1.807) is 12.1 Å². The summed E-state index contributed by atoms with van der Waals surface area (Å²) in [5.41, 5.74) is 8.14. The SMILES string of the molecule is Nc1ccc(C(=O)[O-])c(Cc2ccccc2)c1. The van der Waals surface area contributed by atoms with Crippen molar-refractivity contribution in [2.45, 2.75) is 6.42 Å². The molecule has 17 heavy (non-hydrogen) atoms. The third-order valence-electron chi connectivity index (χ3n) is 2.59. The van der Waals surface area contributed by atoms with Crippen LogP contribution in [-0.2, 0) is 6.42 Å². The van der Waals surface area contributed by atoms with E-state index in [1.165, 1.54) is 6.07 Å². The van der Waals surface area contributed by atoms with Gasteiger partial charge in [0.2, 0.25) is 0 Å². The highest BCUT2D eigenvalue weighted by molar-refractivity contribution is 5.88. The maximum absolute atomic E-state index is 11.0. The summed E-state index contributed by atoms with van der Waals surface area (Å²) >= 11 is 0. The molecule has 0 aliphatic carbocycles. The average Bonchev–Trinajstić information content (AvgIpc) is 2.30. The molecule has 0 spiro atoms. The van der Waals surface area contributed by atoms with Crippen molar-refractivity contribution in [2.24, 2.45) is 0 Å².